The number of amides is 1. The molecule has 98 valence electrons. The number of aryl methyl sites for hydroxylation is 1. The Morgan fingerprint density at radius 1 is 1.56 bits per heavy atom. The Bertz CT molecular complexity index is 455. The Morgan fingerprint density at radius 3 is 2.94 bits per heavy atom. The second-order valence-electron chi connectivity index (χ2n) is 4.58. The molecule has 0 aromatic carbocycles. The van der Waals surface area contributed by atoms with Crippen molar-refractivity contribution in [1.29, 1.82) is 0 Å². The SMILES string of the molecule is Cc1cnoc1C(=O)N1CCCCC1CC(=O)O. The van der Waals surface area contributed by atoms with Gasteiger partial charge in [-0.15, -0.1) is 0 Å². The van der Waals surface area contributed by atoms with E-state index in [1.54, 1.807) is 11.8 Å². The van der Waals surface area contributed by atoms with Crippen LogP contribution in [0, 0.1) is 6.92 Å². The molecule has 1 aliphatic heterocycles. The van der Waals surface area contributed by atoms with E-state index in [1.807, 2.05) is 0 Å². The lowest BCUT2D eigenvalue weighted by atomic mass is 9.99. The molecule has 0 saturated carbocycles. The monoisotopic (exact) mass is 252 g/mol. The Balaban J connectivity index is 2.16. The van der Waals surface area contributed by atoms with Gasteiger partial charge in [-0.2, -0.15) is 0 Å². The van der Waals surface area contributed by atoms with Gasteiger partial charge in [-0.1, -0.05) is 5.16 Å². The lowest BCUT2D eigenvalue weighted by Crippen LogP contribution is -2.44. The molecule has 0 bridgehead atoms. The average Bonchev–Trinajstić information content (AvgIpc) is 2.74. The number of aromatic nitrogens is 1. The lowest BCUT2D eigenvalue weighted by molar-refractivity contribution is -0.138. The van der Waals surface area contributed by atoms with Crippen LogP contribution in [-0.2, 0) is 4.79 Å². The second kappa shape index (κ2) is 5.20. The maximum absolute atomic E-state index is 12.3. The van der Waals surface area contributed by atoms with Crippen molar-refractivity contribution in [3.63, 3.8) is 0 Å². The van der Waals surface area contributed by atoms with E-state index in [9.17, 15) is 9.59 Å². The van der Waals surface area contributed by atoms with Crippen LogP contribution < -0.4 is 0 Å². The van der Waals surface area contributed by atoms with Gasteiger partial charge in [-0.3, -0.25) is 9.59 Å². The van der Waals surface area contributed by atoms with Crippen LogP contribution in [0.3, 0.4) is 0 Å². The molecule has 1 atom stereocenters. The number of carboxylic acid groups (broad SMARTS) is 1. The predicted octanol–water partition coefficient (Wildman–Crippen LogP) is 1.45. The summed E-state index contributed by atoms with van der Waals surface area (Å²) >= 11 is 0. The van der Waals surface area contributed by atoms with Gasteiger partial charge in [0.2, 0.25) is 5.76 Å². The van der Waals surface area contributed by atoms with Crippen molar-refractivity contribution in [2.75, 3.05) is 6.54 Å². The minimum Gasteiger partial charge on any atom is -0.481 e. The molecular formula is C12H16N2O4. The maximum Gasteiger partial charge on any atom is 0.305 e. The topological polar surface area (TPSA) is 83.6 Å². The van der Waals surface area contributed by atoms with Crippen molar-refractivity contribution in [1.82, 2.24) is 10.1 Å². The number of nitrogens with zero attached hydrogens (tertiary/aromatic N) is 2. The number of rotatable bonds is 3. The molecule has 0 spiro atoms. The first-order valence-corrected chi connectivity index (χ1v) is 6.03. The van der Waals surface area contributed by atoms with Crippen molar-refractivity contribution in [2.45, 2.75) is 38.6 Å². The van der Waals surface area contributed by atoms with E-state index < -0.39 is 5.97 Å². The molecule has 0 radical (unpaired) electrons. The van der Waals surface area contributed by atoms with Crippen LogP contribution in [0.2, 0.25) is 0 Å². The molecule has 1 unspecified atom stereocenters. The Hall–Kier alpha value is -1.85. The molecule has 1 N–H and O–H groups in total. The van der Waals surface area contributed by atoms with E-state index in [0.29, 0.717) is 12.1 Å². The highest BCUT2D eigenvalue weighted by Crippen LogP contribution is 2.22. The van der Waals surface area contributed by atoms with Crippen molar-refractivity contribution in [3.8, 4) is 0 Å². The fourth-order valence-corrected chi connectivity index (χ4v) is 2.31. The summed E-state index contributed by atoms with van der Waals surface area (Å²) in [5, 5.41) is 12.5. The first kappa shape index (κ1) is 12.6. The van der Waals surface area contributed by atoms with E-state index >= 15 is 0 Å². The molecule has 1 aliphatic rings. The van der Waals surface area contributed by atoms with Gasteiger partial charge >= 0.3 is 5.97 Å². The molecule has 2 rings (SSSR count). The van der Waals surface area contributed by atoms with Gasteiger partial charge in [0.05, 0.1) is 12.6 Å². The first-order valence-electron chi connectivity index (χ1n) is 6.03. The number of aliphatic carboxylic acids is 1. The van der Waals surface area contributed by atoms with Crippen molar-refractivity contribution >= 4 is 11.9 Å². The summed E-state index contributed by atoms with van der Waals surface area (Å²) in [5.74, 6) is -0.919. The lowest BCUT2D eigenvalue weighted by Gasteiger charge is -2.34. The summed E-state index contributed by atoms with van der Waals surface area (Å²) in [6.07, 6.45) is 4.06. The molecule has 2 heterocycles. The fraction of sp³-hybridized carbons (Fsp3) is 0.583. The van der Waals surface area contributed by atoms with Crippen molar-refractivity contribution in [3.05, 3.63) is 17.5 Å². The molecule has 1 amide bonds. The highest BCUT2D eigenvalue weighted by atomic mass is 16.5. The molecule has 6 nitrogen and oxygen atoms in total. The molecule has 6 heteroatoms. The molecule has 18 heavy (non-hydrogen) atoms. The summed E-state index contributed by atoms with van der Waals surface area (Å²) in [6.45, 7) is 2.33. The summed E-state index contributed by atoms with van der Waals surface area (Å²) in [4.78, 5) is 24.7. The van der Waals surface area contributed by atoms with Crippen LogP contribution in [0.4, 0.5) is 0 Å². The van der Waals surface area contributed by atoms with E-state index in [2.05, 4.69) is 5.16 Å². The Kier molecular flexibility index (Phi) is 3.64. The van der Waals surface area contributed by atoms with E-state index in [1.165, 1.54) is 6.20 Å². The zero-order valence-electron chi connectivity index (χ0n) is 10.3. The quantitative estimate of drug-likeness (QED) is 0.880. The standard InChI is InChI=1S/C12H16N2O4/c1-8-7-13-18-11(8)12(17)14-5-3-2-4-9(14)6-10(15)16/h7,9H,2-6H2,1H3,(H,15,16). The van der Waals surface area contributed by atoms with Gasteiger partial charge in [0.15, 0.2) is 0 Å². The number of likely N-dealkylation sites (tertiary alicyclic amines) is 1. The maximum atomic E-state index is 12.3. The van der Waals surface area contributed by atoms with Crippen molar-refractivity contribution < 1.29 is 19.2 Å². The smallest absolute Gasteiger partial charge is 0.305 e. The minimum absolute atomic E-state index is 0.0150. The van der Waals surface area contributed by atoms with E-state index in [0.717, 1.165) is 19.3 Å². The van der Waals surface area contributed by atoms with Gasteiger partial charge in [-0.25, -0.2) is 0 Å². The van der Waals surface area contributed by atoms with Gasteiger partial charge in [0, 0.05) is 18.2 Å². The van der Waals surface area contributed by atoms with Crippen LogP contribution in [0.15, 0.2) is 10.7 Å². The molecule has 1 fully saturated rings. The zero-order chi connectivity index (χ0) is 13.1. The molecule has 0 aliphatic carbocycles. The number of hydrogen-bond donors (Lipinski definition) is 1. The van der Waals surface area contributed by atoms with Crippen LogP contribution in [0.1, 0.15) is 41.8 Å². The molecular weight excluding hydrogens is 236 g/mol. The van der Waals surface area contributed by atoms with Gasteiger partial charge in [0.1, 0.15) is 0 Å². The normalized spacial score (nSPS) is 19.8. The zero-order valence-corrected chi connectivity index (χ0v) is 10.3. The fourth-order valence-electron chi connectivity index (χ4n) is 2.31. The number of piperidine rings is 1. The van der Waals surface area contributed by atoms with Crippen LogP contribution in [0.25, 0.3) is 0 Å². The third kappa shape index (κ3) is 2.52. The predicted molar refractivity (Wildman–Crippen MR) is 62.2 cm³/mol. The van der Waals surface area contributed by atoms with Crippen LogP contribution in [-0.4, -0.2) is 39.6 Å². The van der Waals surface area contributed by atoms with Crippen LogP contribution in [0.5, 0.6) is 0 Å². The largest absolute Gasteiger partial charge is 0.481 e. The Labute approximate surface area is 105 Å². The van der Waals surface area contributed by atoms with Gasteiger partial charge in [-0.05, 0) is 26.2 Å². The highest BCUT2D eigenvalue weighted by molar-refractivity contribution is 5.93. The Morgan fingerprint density at radius 2 is 2.33 bits per heavy atom. The summed E-state index contributed by atoms with van der Waals surface area (Å²) < 4.78 is 4.94. The van der Waals surface area contributed by atoms with E-state index in [4.69, 9.17) is 9.63 Å². The third-order valence-electron chi connectivity index (χ3n) is 3.24. The molecule has 1 aromatic rings. The van der Waals surface area contributed by atoms with Crippen LogP contribution >= 0.6 is 0 Å². The highest BCUT2D eigenvalue weighted by Gasteiger charge is 2.31. The van der Waals surface area contributed by atoms with Crippen molar-refractivity contribution in [2.24, 2.45) is 0 Å². The number of carboxylic acids is 1. The number of carbonyl (C=O) groups excluding carboxylic acids is 1. The summed E-state index contributed by atoms with van der Waals surface area (Å²) in [7, 11) is 0. The van der Waals surface area contributed by atoms with E-state index in [-0.39, 0.29) is 24.1 Å². The third-order valence-corrected chi connectivity index (χ3v) is 3.24. The first-order chi connectivity index (χ1) is 8.59. The molecule has 1 aromatic heterocycles. The number of carbonyl (C=O) groups is 2. The van der Waals surface area contributed by atoms with Gasteiger partial charge < -0.3 is 14.5 Å². The minimum atomic E-state index is -0.881. The second-order valence-corrected chi connectivity index (χ2v) is 4.58. The average molecular weight is 252 g/mol. The summed E-state index contributed by atoms with van der Waals surface area (Å²) in [5.41, 5.74) is 0.680. The van der Waals surface area contributed by atoms with Gasteiger partial charge in [0.25, 0.3) is 5.91 Å². The summed E-state index contributed by atoms with van der Waals surface area (Å²) in [6, 6.07) is -0.242. The number of hydrogen-bond acceptors (Lipinski definition) is 4. The molecule has 1 saturated heterocycles.